The van der Waals surface area contributed by atoms with Crippen LogP contribution in [0.15, 0.2) is 30.3 Å². The number of nitrogens with one attached hydrogen (secondary N) is 1. The number of carbonyl (C=O) groups is 1. The Bertz CT molecular complexity index is 334. The smallest absolute Gasteiger partial charge is 0.410 e. The van der Waals surface area contributed by atoms with Crippen LogP contribution in [0.2, 0.25) is 0 Å². The minimum absolute atomic E-state index is 0.153. The summed E-state index contributed by atoms with van der Waals surface area (Å²) in [6, 6.07) is 8.96. The van der Waals surface area contributed by atoms with Gasteiger partial charge in [-0.25, -0.2) is 4.79 Å². The zero-order chi connectivity index (χ0) is 13.2. The zero-order valence-corrected chi connectivity index (χ0v) is 10.8. The van der Waals surface area contributed by atoms with Crippen LogP contribution in [0.4, 0.5) is 4.79 Å². The third kappa shape index (κ3) is 5.68. The summed E-state index contributed by atoms with van der Waals surface area (Å²) in [5.41, 5.74) is 0. The van der Waals surface area contributed by atoms with Crippen LogP contribution in [-0.4, -0.2) is 24.4 Å². The highest BCUT2D eigenvalue weighted by atomic mass is 16.6. The molecular formula is C14H21NO3. The molecule has 2 N–H and O–H groups in total. The first-order chi connectivity index (χ1) is 8.76. The number of amides is 1. The predicted molar refractivity (Wildman–Crippen MR) is 70.6 cm³/mol. The van der Waals surface area contributed by atoms with E-state index >= 15 is 0 Å². The zero-order valence-electron chi connectivity index (χ0n) is 10.8. The number of carbonyl (C=O) groups excluding carboxylic acids is 1. The molecule has 0 saturated heterocycles. The molecule has 0 spiro atoms. The van der Waals surface area contributed by atoms with E-state index in [0.29, 0.717) is 24.6 Å². The van der Waals surface area contributed by atoms with Crippen LogP contribution >= 0.6 is 0 Å². The molecule has 4 nitrogen and oxygen atoms in total. The molecule has 0 heterocycles. The molecule has 1 aromatic rings. The molecule has 0 saturated carbocycles. The quantitative estimate of drug-likeness (QED) is 0.783. The Kier molecular flexibility index (Phi) is 6.87. The molecule has 0 radical (unpaired) electrons. The van der Waals surface area contributed by atoms with Gasteiger partial charge in [-0.15, -0.1) is 0 Å². The van der Waals surface area contributed by atoms with Crippen LogP contribution in [0, 0.1) is 5.92 Å². The fraction of sp³-hybridized carbons (Fsp3) is 0.500. The summed E-state index contributed by atoms with van der Waals surface area (Å²) in [5, 5.41) is 11.6. The fourth-order valence-electron chi connectivity index (χ4n) is 1.80. The second-order valence-corrected chi connectivity index (χ2v) is 4.25. The third-order valence-electron chi connectivity index (χ3n) is 2.72. The van der Waals surface area contributed by atoms with Gasteiger partial charge in [0.1, 0.15) is 5.75 Å². The molecule has 4 heteroatoms. The maximum Gasteiger partial charge on any atom is 0.412 e. The van der Waals surface area contributed by atoms with E-state index in [0.717, 1.165) is 12.8 Å². The molecule has 0 aliphatic heterocycles. The molecule has 1 rings (SSSR count). The maximum absolute atomic E-state index is 11.5. The Morgan fingerprint density at radius 3 is 2.67 bits per heavy atom. The average Bonchev–Trinajstić information content (AvgIpc) is 2.38. The van der Waals surface area contributed by atoms with Crippen molar-refractivity contribution in [2.24, 2.45) is 5.92 Å². The standard InChI is InChI=1S/C14H21NO3/c1-2-6-12(9-10-16)11-15-14(17)18-13-7-4-3-5-8-13/h3-5,7-8,12,16H,2,6,9-11H2,1H3,(H,15,17). The van der Waals surface area contributed by atoms with E-state index in [2.05, 4.69) is 12.2 Å². The Morgan fingerprint density at radius 1 is 1.33 bits per heavy atom. The second-order valence-electron chi connectivity index (χ2n) is 4.25. The Labute approximate surface area is 108 Å². The molecular weight excluding hydrogens is 230 g/mol. The van der Waals surface area contributed by atoms with Gasteiger partial charge < -0.3 is 15.2 Å². The van der Waals surface area contributed by atoms with Gasteiger partial charge in [-0.3, -0.25) is 0 Å². The molecule has 1 atom stereocenters. The number of para-hydroxylation sites is 1. The van der Waals surface area contributed by atoms with Gasteiger partial charge in [0.05, 0.1) is 0 Å². The molecule has 100 valence electrons. The lowest BCUT2D eigenvalue weighted by molar-refractivity contribution is 0.194. The number of hydrogen-bond acceptors (Lipinski definition) is 3. The van der Waals surface area contributed by atoms with E-state index in [1.807, 2.05) is 18.2 Å². The summed E-state index contributed by atoms with van der Waals surface area (Å²) < 4.78 is 5.11. The van der Waals surface area contributed by atoms with E-state index in [1.165, 1.54) is 0 Å². The van der Waals surface area contributed by atoms with Crippen molar-refractivity contribution in [3.63, 3.8) is 0 Å². The van der Waals surface area contributed by atoms with Gasteiger partial charge in [0.15, 0.2) is 0 Å². The summed E-state index contributed by atoms with van der Waals surface area (Å²) in [6.07, 6.45) is 2.30. The molecule has 0 fully saturated rings. The minimum Gasteiger partial charge on any atom is -0.410 e. The summed E-state index contributed by atoms with van der Waals surface area (Å²) >= 11 is 0. The summed E-state index contributed by atoms with van der Waals surface area (Å²) in [7, 11) is 0. The highest BCUT2D eigenvalue weighted by molar-refractivity contribution is 5.70. The predicted octanol–water partition coefficient (Wildman–Crippen LogP) is 2.57. The van der Waals surface area contributed by atoms with Gasteiger partial charge in [0.2, 0.25) is 0 Å². The highest BCUT2D eigenvalue weighted by Gasteiger charge is 2.10. The molecule has 1 amide bonds. The van der Waals surface area contributed by atoms with Gasteiger partial charge in [-0.2, -0.15) is 0 Å². The van der Waals surface area contributed by atoms with Crippen LogP contribution in [0.25, 0.3) is 0 Å². The van der Waals surface area contributed by atoms with Crippen LogP contribution in [0.1, 0.15) is 26.2 Å². The van der Waals surface area contributed by atoms with Crippen molar-refractivity contribution in [2.75, 3.05) is 13.2 Å². The van der Waals surface area contributed by atoms with Gasteiger partial charge in [0, 0.05) is 13.2 Å². The molecule has 0 aromatic heterocycles. The van der Waals surface area contributed by atoms with Crippen molar-refractivity contribution in [2.45, 2.75) is 26.2 Å². The maximum atomic E-state index is 11.5. The van der Waals surface area contributed by atoms with Gasteiger partial charge in [-0.1, -0.05) is 31.5 Å². The van der Waals surface area contributed by atoms with E-state index in [1.54, 1.807) is 12.1 Å². The van der Waals surface area contributed by atoms with Crippen LogP contribution in [0.3, 0.4) is 0 Å². The monoisotopic (exact) mass is 251 g/mol. The Hall–Kier alpha value is -1.55. The summed E-state index contributed by atoms with van der Waals surface area (Å²) in [4.78, 5) is 11.5. The van der Waals surface area contributed by atoms with Crippen LogP contribution < -0.4 is 10.1 Å². The van der Waals surface area contributed by atoms with Crippen LogP contribution in [0.5, 0.6) is 5.75 Å². The Morgan fingerprint density at radius 2 is 2.06 bits per heavy atom. The lowest BCUT2D eigenvalue weighted by Gasteiger charge is -2.15. The van der Waals surface area contributed by atoms with Gasteiger partial charge in [0.25, 0.3) is 0 Å². The van der Waals surface area contributed by atoms with Crippen molar-refractivity contribution in [1.82, 2.24) is 5.32 Å². The van der Waals surface area contributed by atoms with E-state index in [-0.39, 0.29) is 6.61 Å². The molecule has 0 aliphatic carbocycles. The number of aliphatic hydroxyl groups is 1. The normalized spacial score (nSPS) is 11.9. The number of benzene rings is 1. The van der Waals surface area contributed by atoms with Crippen molar-refractivity contribution < 1.29 is 14.6 Å². The molecule has 1 unspecified atom stereocenters. The minimum atomic E-state index is -0.444. The van der Waals surface area contributed by atoms with E-state index < -0.39 is 6.09 Å². The largest absolute Gasteiger partial charge is 0.412 e. The lowest BCUT2D eigenvalue weighted by atomic mass is 10.0. The van der Waals surface area contributed by atoms with E-state index in [9.17, 15) is 4.79 Å². The van der Waals surface area contributed by atoms with Gasteiger partial charge in [-0.05, 0) is 30.9 Å². The summed E-state index contributed by atoms with van der Waals surface area (Å²) in [5.74, 6) is 0.840. The van der Waals surface area contributed by atoms with Gasteiger partial charge >= 0.3 is 6.09 Å². The first kappa shape index (κ1) is 14.5. The molecule has 0 aliphatic rings. The number of rotatable bonds is 7. The van der Waals surface area contributed by atoms with Crippen molar-refractivity contribution in [3.8, 4) is 5.75 Å². The average molecular weight is 251 g/mol. The summed E-state index contributed by atoms with van der Waals surface area (Å²) in [6.45, 7) is 2.78. The van der Waals surface area contributed by atoms with Crippen molar-refractivity contribution in [3.05, 3.63) is 30.3 Å². The van der Waals surface area contributed by atoms with E-state index in [4.69, 9.17) is 9.84 Å². The van der Waals surface area contributed by atoms with Crippen molar-refractivity contribution >= 4 is 6.09 Å². The first-order valence-electron chi connectivity index (χ1n) is 6.37. The lowest BCUT2D eigenvalue weighted by Crippen LogP contribution is -2.32. The second kappa shape index (κ2) is 8.53. The Balaban J connectivity index is 2.31. The number of ether oxygens (including phenoxy) is 1. The molecule has 1 aromatic carbocycles. The topological polar surface area (TPSA) is 58.6 Å². The third-order valence-corrected chi connectivity index (χ3v) is 2.72. The van der Waals surface area contributed by atoms with Crippen LogP contribution in [-0.2, 0) is 0 Å². The molecule has 0 bridgehead atoms. The van der Waals surface area contributed by atoms with Crippen molar-refractivity contribution in [1.29, 1.82) is 0 Å². The molecule has 18 heavy (non-hydrogen) atoms. The number of aliphatic hydroxyl groups excluding tert-OH is 1. The first-order valence-corrected chi connectivity index (χ1v) is 6.37. The number of hydrogen-bond donors (Lipinski definition) is 2. The fourth-order valence-corrected chi connectivity index (χ4v) is 1.80. The SMILES string of the molecule is CCCC(CCO)CNC(=O)Oc1ccccc1. The highest BCUT2D eigenvalue weighted by Crippen LogP contribution is 2.11.